The Bertz CT molecular complexity index is 244. The van der Waals surface area contributed by atoms with Gasteiger partial charge in [0.2, 0.25) is 15.9 Å². The molecule has 1 heterocycles. The van der Waals surface area contributed by atoms with Crippen molar-refractivity contribution in [2.24, 2.45) is 0 Å². The van der Waals surface area contributed by atoms with Crippen molar-refractivity contribution in [2.45, 2.75) is 12.8 Å². The van der Waals surface area contributed by atoms with E-state index in [4.69, 9.17) is 0 Å². The van der Waals surface area contributed by atoms with E-state index in [9.17, 15) is 13.2 Å². The number of hydrogen-bond acceptors (Lipinski definition) is 3. The third kappa shape index (κ3) is 1.13. The molecule has 0 aromatic heterocycles. The molecular weight excluding hydrogens is 154 g/mol. The standard InChI is InChI=1S/C5H9NO3S/c1-6-5(7)3-2-4-10(6,8)9/h2-4H2,1H3. The van der Waals surface area contributed by atoms with Crippen LogP contribution in [0.15, 0.2) is 0 Å². The van der Waals surface area contributed by atoms with Crippen molar-refractivity contribution in [3.8, 4) is 0 Å². The molecule has 1 fully saturated rings. The van der Waals surface area contributed by atoms with Crippen LogP contribution >= 0.6 is 0 Å². The van der Waals surface area contributed by atoms with Crippen LogP contribution in [0.4, 0.5) is 0 Å². The van der Waals surface area contributed by atoms with Crippen LogP contribution < -0.4 is 0 Å². The van der Waals surface area contributed by atoms with Crippen molar-refractivity contribution in [1.29, 1.82) is 0 Å². The van der Waals surface area contributed by atoms with Gasteiger partial charge in [0.25, 0.3) is 0 Å². The molecule has 1 aliphatic heterocycles. The van der Waals surface area contributed by atoms with Crippen molar-refractivity contribution in [1.82, 2.24) is 4.31 Å². The van der Waals surface area contributed by atoms with Gasteiger partial charge in [-0.1, -0.05) is 0 Å². The first kappa shape index (κ1) is 7.53. The normalized spacial score (nSPS) is 24.9. The molecule has 1 aliphatic rings. The van der Waals surface area contributed by atoms with Crippen molar-refractivity contribution in [3.63, 3.8) is 0 Å². The van der Waals surface area contributed by atoms with Crippen molar-refractivity contribution >= 4 is 15.9 Å². The summed E-state index contributed by atoms with van der Waals surface area (Å²) in [5.41, 5.74) is 0. The molecule has 0 aliphatic carbocycles. The lowest BCUT2D eigenvalue weighted by Crippen LogP contribution is -2.38. The molecule has 5 heteroatoms. The zero-order valence-electron chi connectivity index (χ0n) is 5.70. The van der Waals surface area contributed by atoms with Crippen LogP contribution in [-0.4, -0.2) is 31.4 Å². The van der Waals surface area contributed by atoms with E-state index in [0.29, 0.717) is 12.8 Å². The minimum atomic E-state index is -3.23. The Morgan fingerprint density at radius 1 is 1.50 bits per heavy atom. The lowest BCUT2D eigenvalue weighted by Gasteiger charge is -2.21. The number of rotatable bonds is 0. The lowest BCUT2D eigenvalue weighted by molar-refractivity contribution is -0.126. The van der Waals surface area contributed by atoms with E-state index in [-0.39, 0.29) is 11.7 Å². The highest BCUT2D eigenvalue weighted by Gasteiger charge is 2.27. The molecule has 0 radical (unpaired) electrons. The molecule has 0 aromatic rings. The second kappa shape index (κ2) is 2.23. The van der Waals surface area contributed by atoms with Crippen LogP contribution in [0.25, 0.3) is 0 Å². The largest absolute Gasteiger partial charge is 0.274 e. The van der Waals surface area contributed by atoms with Gasteiger partial charge in [-0.15, -0.1) is 0 Å². The summed E-state index contributed by atoms with van der Waals surface area (Å²) in [5.74, 6) is -0.193. The molecule has 10 heavy (non-hydrogen) atoms. The van der Waals surface area contributed by atoms with E-state index in [1.165, 1.54) is 7.05 Å². The minimum absolute atomic E-state index is 0.106. The molecule has 58 valence electrons. The number of amides is 1. The molecule has 0 aromatic carbocycles. The summed E-state index contributed by atoms with van der Waals surface area (Å²) >= 11 is 0. The van der Waals surface area contributed by atoms with Crippen LogP contribution in [0.3, 0.4) is 0 Å². The fourth-order valence-electron chi connectivity index (χ4n) is 0.855. The zero-order valence-corrected chi connectivity index (χ0v) is 6.52. The fourth-order valence-corrected chi connectivity index (χ4v) is 2.04. The van der Waals surface area contributed by atoms with Gasteiger partial charge >= 0.3 is 0 Å². The van der Waals surface area contributed by atoms with Gasteiger partial charge in [-0.2, -0.15) is 0 Å². The summed E-state index contributed by atoms with van der Waals surface area (Å²) in [7, 11) is -1.92. The molecular formula is C5H9NO3S. The molecule has 0 spiro atoms. The number of carbonyl (C=O) groups excluding carboxylic acids is 1. The highest BCUT2D eigenvalue weighted by molar-refractivity contribution is 7.89. The first-order valence-electron chi connectivity index (χ1n) is 3.03. The molecule has 1 rings (SSSR count). The van der Waals surface area contributed by atoms with Crippen LogP contribution in [0, 0.1) is 0 Å². The van der Waals surface area contributed by atoms with Crippen LogP contribution in [0.2, 0.25) is 0 Å². The van der Waals surface area contributed by atoms with E-state index in [1.54, 1.807) is 0 Å². The van der Waals surface area contributed by atoms with Gasteiger partial charge in [0, 0.05) is 13.5 Å². The van der Waals surface area contributed by atoms with Crippen LogP contribution in [0.1, 0.15) is 12.8 Å². The zero-order chi connectivity index (χ0) is 7.78. The molecule has 1 amide bonds. The summed E-state index contributed by atoms with van der Waals surface area (Å²) in [5, 5.41) is 0. The van der Waals surface area contributed by atoms with Crippen LogP contribution in [-0.2, 0) is 14.8 Å². The third-order valence-electron chi connectivity index (χ3n) is 1.56. The molecule has 1 saturated heterocycles. The summed E-state index contributed by atoms with van der Waals surface area (Å²) < 4.78 is 22.6. The molecule has 0 bridgehead atoms. The van der Waals surface area contributed by atoms with Gasteiger partial charge in [-0.25, -0.2) is 12.7 Å². The van der Waals surface area contributed by atoms with Gasteiger partial charge in [0.15, 0.2) is 0 Å². The molecule has 4 nitrogen and oxygen atoms in total. The number of nitrogens with zero attached hydrogens (tertiary/aromatic N) is 1. The average molecular weight is 163 g/mol. The van der Waals surface area contributed by atoms with E-state index >= 15 is 0 Å². The summed E-state index contributed by atoms with van der Waals surface area (Å²) in [6, 6.07) is 0. The Morgan fingerprint density at radius 3 is 2.50 bits per heavy atom. The third-order valence-corrected chi connectivity index (χ3v) is 3.40. The van der Waals surface area contributed by atoms with Gasteiger partial charge in [0.05, 0.1) is 5.75 Å². The summed E-state index contributed by atoms with van der Waals surface area (Å²) in [4.78, 5) is 10.8. The summed E-state index contributed by atoms with van der Waals surface area (Å²) in [6.45, 7) is 0. The average Bonchev–Trinajstić information content (AvgIpc) is 1.83. The van der Waals surface area contributed by atoms with Crippen LogP contribution in [0.5, 0.6) is 0 Å². The van der Waals surface area contributed by atoms with Gasteiger partial charge in [-0.3, -0.25) is 4.79 Å². The smallest absolute Gasteiger partial charge is 0.237 e. The highest BCUT2D eigenvalue weighted by atomic mass is 32.2. The second-order valence-corrected chi connectivity index (χ2v) is 4.40. The van der Waals surface area contributed by atoms with Crippen molar-refractivity contribution in [2.75, 3.05) is 12.8 Å². The Hall–Kier alpha value is -0.580. The Labute approximate surface area is 59.9 Å². The SMILES string of the molecule is CN1C(=O)CCCS1(=O)=O. The van der Waals surface area contributed by atoms with E-state index < -0.39 is 10.0 Å². The molecule has 0 atom stereocenters. The number of sulfonamides is 1. The molecule has 0 unspecified atom stereocenters. The van der Waals surface area contributed by atoms with E-state index in [2.05, 4.69) is 0 Å². The van der Waals surface area contributed by atoms with E-state index in [0.717, 1.165) is 4.31 Å². The Balaban J connectivity index is 2.91. The Morgan fingerprint density at radius 2 is 2.10 bits per heavy atom. The Kier molecular flexibility index (Phi) is 1.68. The first-order valence-corrected chi connectivity index (χ1v) is 4.64. The van der Waals surface area contributed by atoms with Gasteiger partial charge < -0.3 is 0 Å². The first-order chi connectivity index (χ1) is 4.54. The predicted molar refractivity (Wildman–Crippen MR) is 35.8 cm³/mol. The van der Waals surface area contributed by atoms with Gasteiger partial charge in [-0.05, 0) is 6.42 Å². The number of carbonyl (C=O) groups is 1. The minimum Gasteiger partial charge on any atom is -0.274 e. The maximum atomic E-state index is 10.9. The van der Waals surface area contributed by atoms with Crippen molar-refractivity contribution < 1.29 is 13.2 Å². The quantitative estimate of drug-likeness (QED) is 0.487. The topological polar surface area (TPSA) is 54.5 Å². The predicted octanol–water partition coefficient (Wildman–Crippen LogP) is -0.432. The lowest BCUT2D eigenvalue weighted by atomic mass is 10.3. The highest BCUT2D eigenvalue weighted by Crippen LogP contribution is 2.11. The van der Waals surface area contributed by atoms with Gasteiger partial charge in [0.1, 0.15) is 0 Å². The molecule has 0 saturated carbocycles. The maximum absolute atomic E-state index is 10.9. The second-order valence-electron chi connectivity index (χ2n) is 2.28. The number of hydrogen-bond donors (Lipinski definition) is 0. The maximum Gasteiger partial charge on any atom is 0.237 e. The molecule has 0 N–H and O–H groups in total. The monoisotopic (exact) mass is 163 g/mol. The van der Waals surface area contributed by atoms with Crippen molar-refractivity contribution in [3.05, 3.63) is 0 Å². The summed E-state index contributed by atoms with van der Waals surface area (Å²) in [6.07, 6.45) is 0.821. The van der Waals surface area contributed by atoms with E-state index in [1.807, 2.05) is 0 Å². The fraction of sp³-hybridized carbons (Fsp3) is 0.800.